The zero-order chi connectivity index (χ0) is 25.2. The van der Waals surface area contributed by atoms with Gasteiger partial charge in [0, 0.05) is 31.3 Å². The first-order valence-electron chi connectivity index (χ1n) is 10.9. The number of unbranched alkanes of at least 4 members (excludes halogenated alkanes) is 1. The van der Waals surface area contributed by atoms with E-state index in [0.717, 1.165) is 6.92 Å². The van der Waals surface area contributed by atoms with Gasteiger partial charge in [0.05, 0.1) is 6.61 Å². The van der Waals surface area contributed by atoms with E-state index in [1.54, 1.807) is 34.6 Å². The highest BCUT2D eigenvalue weighted by Crippen LogP contribution is 2.35. The summed E-state index contributed by atoms with van der Waals surface area (Å²) in [7, 11) is 0. The molecule has 0 amide bonds. The predicted octanol–water partition coefficient (Wildman–Crippen LogP) is 3.16. The van der Waals surface area contributed by atoms with Crippen molar-refractivity contribution < 1.29 is 38.2 Å². The number of ketones is 2. The minimum atomic E-state index is -2.26. The van der Waals surface area contributed by atoms with Crippen molar-refractivity contribution in [3.63, 3.8) is 0 Å². The fraction of sp³-hybridized carbons (Fsp3) is 0.583. The maximum atomic E-state index is 13.7. The number of aromatic nitrogens is 1. The Balaban J connectivity index is 3.42. The van der Waals surface area contributed by atoms with Crippen LogP contribution in [0, 0.1) is 12.3 Å². The molecule has 0 fully saturated rings. The van der Waals surface area contributed by atoms with E-state index in [0.29, 0.717) is 5.56 Å². The monoisotopic (exact) mass is 463 g/mol. The average Bonchev–Trinajstić information content (AvgIpc) is 2.70. The molecule has 9 nitrogen and oxygen atoms in total. The third kappa shape index (κ3) is 8.40. The summed E-state index contributed by atoms with van der Waals surface area (Å²) in [5.41, 5.74) is -2.52. The van der Waals surface area contributed by atoms with Crippen molar-refractivity contribution in [3.05, 3.63) is 29.6 Å². The smallest absolute Gasteiger partial charge is 0.328 e. The second kappa shape index (κ2) is 12.2. The molecule has 182 valence electrons. The van der Waals surface area contributed by atoms with Crippen molar-refractivity contribution in [2.75, 3.05) is 13.2 Å². The molecule has 1 rings (SSSR count). The van der Waals surface area contributed by atoms with E-state index in [4.69, 9.17) is 14.2 Å². The minimum absolute atomic E-state index is 0.0578. The molecule has 0 aliphatic rings. The molecule has 0 saturated carbocycles. The molecule has 33 heavy (non-hydrogen) atoms. The van der Waals surface area contributed by atoms with Crippen LogP contribution in [0.25, 0.3) is 0 Å². The highest BCUT2D eigenvalue weighted by atomic mass is 16.6. The molecule has 0 aliphatic carbocycles. The van der Waals surface area contributed by atoms with Crippen LogP contribution in [0.4, 0.5) is 0 Å². The Morgan fingerprint density at radius 3 is 2.21 bits per heavy atom. The summed E-state index contributed by atoms with van der Waals surface area (Å²) in [6, 6.07) is 1.52. The number of carbonyl (C=O) groups is 5. The van der Waals surface area contributed by atoms with Crippen molar-refractivity contribution in [1.29, 1.82) is 0 Å². The Hall–Kier alpha value is -3.10. The molecular formula is C24H33NO8. The second-order valence-corrected chi connectivity index (χ2v) is 8.70. The van der Waals surface area contributed by atoms with E-state index in [2.05, 4.69) is 4.98 Å². The van der Waals surface area contributed by atoms with Gasteiger partial charge in [-0.2, -0.15) is 0 Å². The first-order valence-corrected chi connectivity index (χ1v) is 10.9. The third-order valence-electron chi connectivity index (χ3n) is 4.64. The lowest BCUT2D eigenvalue weighted by Gasteiger charge is -2.32. The van der Waals surface area contributed by atoms with Crippen LogP contribution in [0.3, 0.4) is 0 Å². The molecule has 0 radical (unpaired) electrons. The van der Waals surface area contributed by atoms with Gasteiger partial charge in [0.1, 0.15) is 5.60 Å². The number of esters is 3. The van der Waals surface area contributed by atoms with Crippen LogP contribution in [0.15, 0.2) is 18.5 Å². The number of pyridine rings is 1. The van der Waals surface area contributed by atoms with Crippen molar-refractivity contribution in [1.82, 2.24) is 4.98 Å². The fourth-order valence-corrected chi connectivity index (χ4v) is 3.16. The topological polar surface area (TPSA) is 126 Å². The number of carbonyl (C=O) groups excluding carboxylic acids is 5. The molecule has 0 N–H and O–H groups in total. The van der Waals surface area contributed by atoms with E-state index in [-0.39, 0.29) is 37.9 Å². The van der Waals surface area contributed by atoms with E-state index in [1.165, 1.54) is 18.5 Å². The van der Waals surface area contributed by atoms with Crippen LogP contribution in [-0.4, -0.2) is 53.3 Å². The minimum Gasteiger partial charge on any atom is -0.466 e. The van der Waals surface area contributed by atoms with Gasteiger partial charge < -0.3 is 14.2 Å². The zero-order valence-electron chi connectivity index (χ0n) is 20.2. The van der Waals surface area contributed by atoms with Crippen molar-refractivity contribution in [2.24, 2.45) is 5.41 Å². The lowest BCUT2D eigenvalue weighted by molar-refractivity contribution is -0.169. The van der Waals surface area contributed by atoms with Gasteiger partial charge in [0.25, 0.3) is 0 Å². The lowest BCUT2D eigenvalue weighted by atomic mass is 9.72. The summed E-state index contributed by atoms with van der Waals surface area (Å²) in [5, 5.41) is 0. The molecule has 1 heterocycles. The summed E-state index contributed by atoms with van der Waals surface area (Å²) >= 11 is 0. The van der Waals surface area contributed by atoms with Gasteiger partial charge in [-0.25, -0.2) is 0 Å². The van der Waals surface area contributed by atoms with Gasteiger partial charge in [-0.05, 0) is 59.1 Å². The van der Waals surface area contributed by atoms with Crippen LogP contribution in [0.1, 0.15) is 76.2 Å². The Bertz CT molecular complexity index is 887. The molecule has 0 aliphatic heterocycles. The van der Waals surface area contributed by atoms with Crippen LogP contribution in [0.5, 0.6) is 0 Å². The number of aryl methyl sites for hydroxylation is 1. The van der Waals surface area contributed by atoms with E-state index in [1.807, 2.05) is 0 Å². The quantitative estimate of drug-likeness (QED) is 0.151. The van der Waals surface area contributed by atoms with Crippen molar-refractivity contribution >= 4 is 29.5 Å². The van der Waals surface area contributed by atoms with Gasteiger partial charge in [-0.15, -0.1) is 0 Å². The third-order valence-corrected chi connectivity index (χ3v) is 4.64. The second-order valence-electron chi connectivity index (χ2n) is 8.70. The van der Waals surface area contributed by atoms with Crippen LogP contribution >= 0.6 is 0 Å². The maximum absolute atomic E-state index is 13.7. The molecule has 1 atom stereocenters. The first-order chi connectivity index (χ1) is 15.3. The molecule has 0 bridgehead atoms. The number of hydrogen-bond donors (Lipinski definition) is 0. The van der Waals surface area contributed by atoms with Crippen LogP contribution < -0.4 is 0 Å². The average molecular weight is 464 g/mol. The number of nitrogens with zero attached hydrogens (tertiary/aromatic N) is 1. The fourth-order valence-electron chi connectivity index (χ4n) is 3.16. The number of Topliss-reactive ketones (excluding diaryl/α,β-unsaturated/α-hetero) is 2. The van der Waals surface area contributed by atoms with Gasteiger partial charge in [0.15, 0.2) is 23.6 Å². The maximum Gasteiger partial charge on any atom is 0.328 e. The van der Waals surface area contributed by atoms with Gasteiger partial charge in [-0.1, -0.05) is 6.42 Å². The standard InChI is InChI=1S/C24H33NO8/c1-7-31-20(28)10-8-9-11-24(19(27)15-32-17(3)26,22(30)33-23(4,5)6)21(29)18-12-16(2)13-25-14-18/h12-14H,7-11,15H2,1-6H3. The van der Waals surface area contributed by atoms with E-state index in [9.17, 15) is 24.0 Å². The summed E-state index contributed by atoms with van der Waals surface area (Å²) in [4.78, 5) is 67.4. The predicted molar refractivity (Wildman–Crippen MR) is 118 cm³/mol. The number of hydrogen-bond acceptors (Lipinski definition) is 9. The first kappa shape index (κ1) is 27.9. The summed E-state index contributed by atoms with van der Waals surface area (Å²) in [5.74, 6) is -3.86. The highest BCUT2D eigenvalue weighted by Gasteiger charge is 2.54. The molecule has 0 spiro atoms. The number of rotatable bonds is 12. The summed E-state index contributed by atoms with van der Waals surface area (Å²) in [6.07, 6.45) is 3.10. The van der Waals surface area contributed by atoms with E-state index < -0.39 is 47.1 Å². The molecule has 0 saturated heterocycles. The molecule has 1 unspecified atom stereocenters. The largest absolute Gasteiger partial charge is 0.466 e. The van der Waals surface area contributed by atoms with Crippen molar-refractivity contribution in [3.8, 4) is 0 Å². The number of ether oxygens (including phenoxy) is 3. The normalized spacial score (nSPS) is 12.9. The Morgan fingerprint density at radius 2 is 1.67 bits per heavy atom. The van der Waals surface area contributed by atoms with Gasteiger partial charge in [-0.3, -0.25) is 29.0 Å². The summed E-state index contributed by atoms with van der Waals surface area (Å²) < 4.78 is 15.2. The highest BCUT2D eigenvalue weighted by molar-refractivity contribution is 6.27. The summed E-state index contributed by atoms with van der Waals surface area (Å²) in [6.45, 7) is 8.85. The molecule has 0 aromatic carbocycles. The zero-order valence-corrected chi connectivity index (χ0v) is 20.2. The molecule has 1 aromatic heterocycles. The van der Waals surface area contributed by atoms with Crippen molar-refractivity contribution in [2.45, 2.75) is 72.8 Å². The molecule has 1 aromatic rings. The Labute approximate surface area is 194 Å². The van der Waals surface area contributed by atoms with E-state index >= 15 is 0 Å². The molecular weight excluding hydrogens is 430 g/mol. The van der Waals surface area contributed by atoms with Crippen LogP contribution in [-0.2, 0) is 33.4 Å². The van der Waals surface area contributed by atoms with Gasteiger partial charge in [0.2, 0.25) is 0 Å². The Morgan fingerprint density at radius 1 is 1.00 bits per heavy atom. The SMILES string of the molecule is CCOC(=O)CCCCC(C(=O)COC(C)=O)(C(=O)OC(C)(C)C)C(=O)c1cncc(C)c1. The van der Waals surface area contributed by atoms with Gasteiger partial charge >= 0.3 is 17.9 Å². The van der Waals surface area contributed by atoms with Crippen LogP contribution in [0.2, 0.25) is 0 Å². The Kier molecular flexibility index (Phi) is 10.3. The molecule has 9 heteroatoms. The lowest BCUT2D eigenvalue weighted by Crippen LogP contribution is -2.51.